The van der Waals surface area contributed by atoms with Crippen LogP contribution in [0.2, 0.25) is 0 Å². The van der Waals surface area contributed by atoms with E-state index in [2.05, 4.69) is 28.6 Å². The van der Waals surface area contributed by atoms with Crippen LogP contribution in [0.1, 0.15) is 13.8 Å². The fourth-order valence-electron chi connectivity index (χ4n) is 2.28. The fourth-order valence-corrected chi connectivity index (χ4v) is 3.93. The predicted molar refractivity (Wildman–Crippen MR) is 104 cm³/mol. The minimum absolute atomic E-state index is 0.521. The molecule has 132 valence electrons. The number of hydrogen-bond donors (Lipinski definition) is 0. The van der Waals surface area contributed by atoms with Crippen molar-refractivity contribution in [3.8, 4) is 6.19 Å². The van der Waals surface area contributed by atoms with Gasteiger partial charge < -0.3 is 14.4 Å². The minimum Gasteiger partial charge on any atom is -0.611 e. The quantitative estimate of drug-likeness (QED) is 0.291. The van der Waals surface area contributed by atoms with Gasteiger partial charge in [-0.05, 0) is 42.7 Å². The number of likely N-dealkylation sites (N-methyl/N-ethyl adjacent to an activating group) is 1. The molecule has 1 aromatic rings. The lowest BCUT2D eigenvalue weighted by Gasteiger charge is -2.27. The second kappa shape index (κ2) is 12.2. The molecule has 1 aromatic carbocycles. The summed E-state index contributed by atoms with van der Waals surface area (Å²) >= 11 is 0.406. The highest BCUT2D eigenvalue weighted by molar-refractivity contribution is 8.13. The molecule has 1 unspecified atom stereocenters. The second-order valence-corrected chi connectivity index (χ2v) is 7.42. The molecule has 0 saturated heterocycles. The zero-order chi connectivity index (χ0) is 17.8. The zero-order valence-electron chi connectivity index (χ0n) is 14.6. The molecule has 0 aliphatic carbocycles. The number of nitriles is 1. The predicted octanol–water partition coefficient (Wildman–Crippen LogP) is 2.64. The molecular formula is C17H26N4OS2. The molecule has 0 heterocycles. The molecule has 7 heteroatoms. The smallest absolute Gasteiger partial charge is 0.208 e. The Morgan fingerprint density at radius 3 is 2.42 bits per heavy atom. The first kappa shape index (κ1) is 20.8. The van der Waals surface area contributed by atoms with Gasteiger partial charge >= 0.3 is 0 Å². The van der Waals surface area contributed by atoms with E-state index in [1.54, 1.807) is 0 Å². The summed E-state index contributed by atoms with van der Waals surface area (Å²) in [6.45, 7) is 8.54. The van der Waals surface area contributed by atoms with E-state index in [-0.39, 0.29) is 0 Å². The number of rotatable bonds is 9. The minimum atomic E-state index is -1.05. The van der Waals surface area contributed by atoms with Gasteiger partial charge in [-0.25, -0.2) is 0 Å². The topological polar surface area (TPSA) is 65.7 Å². The van der Waals surface area contributed by atoms with E-state index in [0.29, 0.717) is 17.5 Å². The van der Waals surface area contributed by atoms with E-state index in [1.165, 1.54) is 11.8 Å². The number of thioether (sulfide) groups is 1. The standard InChI is InChI=1S/C17H26N4OS2/c1-4-20(5-2)11-12-21(17(23-3)19-15-18)13-14-24(22)16-9-7-6-8-10-16/h6-10H,4-5,11-14H2,1-3H3. The molecule has 0 aliphatic heterocycles. The Bertz CT molecular complexity index is 529. The SMILES string of the molecule is CCN(CC)CCN(CC[S+]([O-])c1ccccc1)C(=NC#N)SC. The fraction of sp³-hybridized carbons (Fsp3) is 0.529. The maximum absolute atomic E-state index is 12.4. The summed E-state index contributed by atoms with van der Waals surface area (Å²) in [6.07, 6.45) is 3.78. The Hall–Kier alpha value is -1.20. The Balaban J connectivity index is 2.70. The first-order valence-corrected chi connectivity index (χ1v) is 10.6. The van der Waals surface area contributed by atoms with Crippen molar-refractivity contribution in [1.29, 1.82) is 5.26 Å². The number of hydrogen-bond acceptors (Lipinski definition) is 5. The lowest BCUT2D eigenvalue weighted by Crippen LogP contribution is -2.40. The van der Waals surface area contributed by atoms with Crippen LogP contribution in [-0.4, -0.2) is 64.3 Å². The first-order valence-electron chi connectivity index (χ1n) is 8.07. The van der Waals surface area contributed by atoms with Crippen molar-refractivity contribution in [3.05, 3.63) is 30.3 Å². The molecule has 0 amide bonds. The molecule has 0 saturated carbocycles. The molecule has 0 spiro atoms. The number of nitrogens with zero attached hydrogens (tertiary/aromatic N) is 4. The normalized spacial score (nSPS) is 12.9. The molecule has 0 aromatic heterocycles. The third-order valence-electron chi connectivity index (χ3n) is 3.73. The van der Waals surface area contributed by atoms with Gasteiger partial charge in [-0.2, -0.15) is 5.26 Å². The van der Waals surface area contributed by atoms with Gasteiger partial charge in [0.15, 0.2) is 10.1 Å². The molecule has 0 fully saturated rings. The molecule has 0 N–H and O–H groups in total. The van der Waals surface area contributed by atoms with Gasteiger partial charge in [-0.1, -0.05) is 43.8 Å². The van der Waals surface area contributed by atoms with E-state index in [4.69, 9.17) is 5.26 Å². The van der Waals surface area contributed by atoms with E-state index < -0.39 is 11.2 Å². The summed E-state index contributed by atoms with van der Waals surface area (Å²) in [7, 11) is 0. The summed E-state index contributed by atoms with van der Waals surface area (Å²) in [4.78, 5) is 9.14. The average Bonchev–Trinajstić information content (AvgIpc) is 2.63. The van der Waals surface area contributed by atoms with Crippen molar-refractivity contribution in [2.75, 3.05) is 44.7 Å². The first-order chi connectivity index (χ1) is 11.7. The zero-order valence-corrected chi connectivity index (χ0v) is 16.3. The maximum Gasteiger partial charge on any atom is 0.208 e. The number of benzene rings is 1. The van der Waals surface area contributed by atoms with Crippen LogP contribution in [0.3, 0.4) is 0 Å². The van der Waals surface area contributed by atoms with Crippen molar-refractivity contribution < 1.29 is 4.55 Å². The van der Waals surface area contributed by atoms with Crippen molar-refractivity contribution in [1.82, 2.24) is 9.80 Å². The van der Waals surface area contributed by atoms with Crippen molar-refractivity contribution in [3.63, 3.8) is 0 Å². The summed E-state index contributed by atoms with van der Waals surface area (Å²) in [5, 5.41) is 9.58. The van der Waals surface area contributed by atoms with Gasteiger partial charge in [-0.15, -0.1) is 4.99 Å². The highest BCUT2D eigenvalue weighted by Gasteiger charge is 2.17. The van der Waals surface area contributed by atoms with Crippen LogP contribution in [-0.2, 0) is 11.2 Å². The average molecular weight is 367 g/mol. The molecule has 1 atom stereocenters. The summed E-state index contributed by atoms with van der Waals surface area (Å²) in [5.41, 5.74) is 0. The third kappa shape index (κ3) is 7.14. The molecule has 0 bridgehead atoms. The van der Waals surface area contributed by atoms with E-state index in [9.17, 15) is 4.55 Å². The maximum atomic E-state index is 12.4. The summed E-state index contributed by atoms with van der Waals surface area (Å²) in [5.74, 6) is 0.521. The summed E-state index contributed by atoms with van der Waals surface area (Å²) < 4.78 is 12.4. The molecule has 24 heavy (non-hydrogen) atoms. The Morgan fingerprint density at radius 2 is 1.88 bits per heavy atom. The summed E-state index contributed by atoms with van der Waals surface area (Å²) in [6, 6.07) is 9.48. The Labute approximate surface area is 152 Å². The monoisotopic (exact) mass is 366 g/mol. The van der Waals surface area contributed by atoms with Gasteiger partial charge in [0.25, 0.3) is 0 Å². The van der Waals surface area contributed by atoms with Gasteiger partial charge in [0, 0.05) is 13.1 Å². The van der Waals surface area contributed by atoms with Crippen molar-refractivity contribution in [2.24, 2.45) is 4.99 Å². The molecule has 1 rings (SSSR count). The third-order valence-corrected chi connectivity index (χ3v) is 5.80. The van der Waals surface area contributed by atoms with E-state index in [0.717, 1.165) is 31.1 Å². The van der Waals surface area contributed by atoms with Crippen LogP contribution >= 0.6 is 11.8 Å². The van der Waals surface area contributed by atoms with Crippen molar-refractivity contribution >= 4 is 28.1 Å². The van der Waals surface area contributed by atoms with Crippen LogP contribution < -0.4 is 0 Å². The van der Waals surface area contributed by atoms with Gasteiger partial charge in [0.05, 0.1) is 6.54 Å². The molecular weight excluding hydrogens is 340 g/mol. The lowest BCUT2D eigenvalue weighted by molar-refractivity contribution is 0.272. The van der Waals surface area contributed by atoms with E-state index in [1.807, 2.05) is 42.8 Å². The van der Waals surface area contributed by atoms with Crippen LogP contribution in [0.25, 0.3) is 0 Å². The highest BCUT2D eigenvalue weighted by atomic mass is 32.2. The van der Waals surface area contributed by atoms with E-state index >= 15 is 0 Å². The van der Waals surface area contributed by atoms with Crippen LogP contribution in [0, 0.1) is 11.5 Å². The van der Waals surface area contributed by atoms with Crippen LogP contribution in [0.4, 0.5) is 0 Å². The molecule has 0 aliphatic rings. The Kier molecular flexibility index (Phi) is 10.6. The lowest BCUT2D eigenvalue weighted by atomic mass is 10.4. The molecule has 5 nitrogen and oxygen atoms in total. The number of aliphatic imine (C=N–C) groups is 1. The highest BCUT2D eigenvalue weighted by Crippen LogP contribution is 2.12. The van der Waals surface area contributed by atoms with Gasteiger partial charge in [0.2, 0.25) is 6.19 Å². The molecule has 0 radical (unpaired) electrons. The Morgan fingerprint density at radius 1 is 1.21 bits per heavy atom. The van der Waals surface area contributed by atoms with Crippen LogP contribution in [0.5, 0.6) is 0 Å². The van der Waals surface area contributed by atoms with Gasteiger partial charge in [0.1, 0.15) is 5.75 Å². The van der Waals surface area contributed by atoms with Crippen LogP contribution in [0.15, 0.2) is 40.2 Å². The van der Waals surface area contributed by atoms with Gasteiger partial charge in [-0.3, -0.25) is 0 Å². The van der Waals surface area contributed by atoms with Crippen molar-refractivity contribution in [2.45, 2.75) is 18.7 Å². The second-order valence-electron chi connectivity index (χ2n) is 5.08. The number of amidine groups is 1. The largest absolute Gasteiger partial charge is 0.611 e.